The van der Waals surface area contributed by atoms with Gasteiger partial charge in [0.05, 0.1) is 5.52 Å². The van der Waals surface area contributed by atoms with E-state index in [2.05, 4.69) is 35.3 Å². The molecule has 0 fully saturated rings. The van der Waals surface area contributed by atoms with E-state index in [4.69, 9.17) is 5.73 Å². The van der Waals surface area contributed by atoms with Gasteiger partial charge in [0, 0.05) is 17.4 Å². The van der Waals surface area contributed by atoms with E-state index in [1.54, 1.807) is 0 Å². The van der Waals surface area contributed by atoms with E-state index in [-0.39, 0.29) is 0 Å². The van der Waals surface area contributed by atoms with E-state index in [0.717, 1.165) is 16.8 Å². The van der Waals surface area contributed by atoms with Crippen LogP contribution in [-0.2, 0) is 0 Å². The van der Waals surface area contributed by atoms with Gasteiger partial charge in [-0.1, -0.05) is 30.3 Å². The second-order valence-electron chi connectivity index (χ2n) is 3.87. The van der Waals surface area contributed by atoms with E-state index in [1.807, 2.05) is 24.4 Å². The number of fused-ring (bicyclic) bond motifs is 1. The molecular formula is C14H12N2. The number of aromatic amines is 1. The Morgan fingerprint density at radius 3 is 2.69 bits per heavy atom. The van der Waals surface area contributed by atoms with Crippen molar-refractivity contribution >= 4 is 16.6 Å². The Balaban J connectivity index is 2.29. The Bertz CT molecular complexity index is 638. The van der Waals surface area contributed by atoms with Crippen molar-refractivity contribution in [1.82, 2.24) is 4.98 Å². The molecule has 0 saturated carbocycles. The first-order valence-electron chi connectivity index (χ1n) is 5.26. The lowest BCUT2D eigenvalue weighted by atomic mass is 10.0. The smallest absolute Gasteiger partial charge is 0.0533 e. The van der Waals surface area contributed by atoms with Crippen molar-refractivity contribution in [3.8, 4) is 11.1 Å². The Labute approximate surface area is 93.7 Å². The molecule has 0 aliphatic carbocycles. The zero-order valence-corrected chi connectivity index (χ0v) is 8.77. The van der Waals surface area contributed by atoms with Crippen LogP contribution in [0, 0.1) is 0 Å². The number of nitrogen functional groups attached to an aromatic ring is 1. The maximum atomic E-state index is 5.81. The first-order valence-corrected chi connectivity index (χ1v) is 5.26. The Kier molecular flexibility index (Phi) is 1.93. The summed E-state index contributed by atoms with van der Waals surface area (Å²) in [5.41, 5.74) is 10.1. The highest BCUT2D eigenvalue weighted by atomic mass is 14.7. The van der Waals surface area contributed by atoms with Crippen molar-refractivity contribution in [1.29, 1.82) is 0 Å². The van der Waals surface area contributed by atoms with Crippen molar-refractivity contribution < 1.29 is 0 Å². The zero-order chi connectivity index (χ0) is 11.0. The van der Waals surface area contributed by atoms with E-state index in [0.29, 0.717) is 0 Å². The molecule has 0 atom stereocenters. The van der Waals surface area contributed by atoms with Crippen molar-refractivity contribution in [3.63, 3.8) is 0 Å². The fourth-order valence-corrected chi connectivity index (χ4v) is 2.03. The van der Waals surface area contributed by atoms with Gasteiger partial charge in [-0.3, -0.25) is 0 Å². The SMILES string of the molecule is Nc1cccc(-c2cccc3cc[nH]c23)c1. The molecule has 1 aromatic heterocycles. The maximum Gasteiger partial charge on any atom is 0.0533 e. The average Bonchev–Trinajstić information content (AvgIpc) is 2.76. The molecule has 0 unspecified atom stereocenters. The molecule has 2 aromatic carbocycles. The summed E-state index contributed by atoms with van der Waals surface area (Å²) in [7, 11) is 0. The topological polar surface area (TPSA) is 41.8 Å². The summed E-state index contributed by atoms with van der Waals surface area (Å²) < 4.78 is 0. The van der Waals surface area contributed by atoms with Gasteiger partial charge in [0.25, 0.3) is 0 Å². The molecule has 3 aromatic rings. The van der Waals surface area contributed by atoms with Gasteiger partial charge in [-0.25, -0.2) is 0 Å². The number of anilines is 1. The van der Waals surface area contributed by atoms with Crippen LogP contribution in [-0.4, -0.2) is 4.98 Å². The first kappa shape index (κ1) is 9.04. The number of hydrogen-bond acceptors (Lipinski definition) is 1. The molecule has 3 rings (SSSR count). The average molecular weight is 208 g/mol. The Morgan fingerprint density at radius 2 is 1.81 bits per heavy atom. The highest BCUT2D eigenvalue weighted by Crippen LogP contribution is 2.28. The molecular weight excluding hydrogens is 196 g/mol. The summed E-state index contributed by atoms with van der Waals surface area (Å²) in [6, 6.07) is 16.3. The second-order valence-corrected chi connectivity index (χ2v) is 3.87. The summed E-state index contributed by atoms with van der Waals surface area (Å²) in [5.74, 6) is 0. The molecule has 1 heterocycles. The van der Waals surface area contributed by atoms with E-state index in [9.17, 15) is 0 Å². The molecule has 16 heavy (non-hydrogen) atoms. The number of hydrogen-bond donors (Lipinski definition) is 2. The molecule has 2 heteroatoms. The predicted octanol–water partition coefficient (Wildman–Crippen LogP) is 3.42. The fraction of sp³-hybridized carbons (Fsp3) is 0. The Hall–Kier alpha value is -2.22. The van der Waals surface area contributed by atoms with Crippen molar-refractivity contribution in [3.05, 3.63) is 54.7 Å². The molecule has 2 nitrogen and oxygen atoms in total. The highest BCUT2D eigenvalue weighted by Gasteiger charge is 2.03. The van der Waals surface area contributed by atoms with Crippen LogP contribution in [0.4, 0.5) is 5.69 Å². The van der Waals surface area contributed by atoms with Crippen LogP contribution in [0.2, 0.25) is 0 Å². The number of H-pyrrole nitrogens is 1. The van der Waals surface area contributed by atoms with E-state index in [1.165, 1.54) is 10.9 Å². The van der Waals surface area contributed by atoms with E-state index >= 15 is 0 Å². The van der Waals surface area contributed by atoms with Crippen LogP contribution in [0.5, 0.6) is 0 Å². The highest BCUT2D eigenvalue weighted by molar-refractivity contribution is 5.94. The molecule has 0 radical (unpaired) electrons. The molecule has 78 valence electrons. The van der Waals surface area contributed by atoms with Gasteiger partial charge < -0.3 is 10.7 Å². The van der Waals surface area contributed by atoms with Crippen molar-refractivity contribution in [2.75, 3.05) is 5.73 Å². The molecule has 3 N–H and O–H groups in total. The van der Waals surface area contributed by atoms with E-state index < -0.39 is 0 Å². The first-order chi connectivity index (χ1) is 7.84. The van der Waals surface area contributed by atoms with Gasteiger partial charge in [-0.05, 0) is 29.1 Å². The van der Waals surface area contributed by atoms with Crippen LogP contribution in [0.3, 0.4) is 0 Å². The minimum Gasteiger partial charge on any atom is -0.399 e. The van der Waals surface area contributed by atoms with Crippen molar-refractivity contribution in [2.45, 2.75) is 0 Å². The van der Waals surface area contributed by atoms with Crippen molar-refractivity contribution in [2.24, 2.45) is 0 Å². The quantitative estimate of drug-likeness (QED) is 0.591. The predicted molar refractivity (Wildman–Crippen MR) is 68.1 cm³/mol. The summed E-state index contributed by atoms with van der Waals surface area (Å²) >= 11 is 0. The molecule has 0 aliphatic heterocycles. The summed E-state index contributed by atoms with van der Waals surface area (Å²) in [6.45, 7) is 0. The molecule has 0 aliphatic rings. The van der Waals surface area contributed by atoms with Crippen LogP contribution in [0.25, 0.3) is 22.0 Å². The largest absolute Gasteiger partial charge is 0.399 e. The minimum atomic E-state index is 0.793. The lowest BCUT2D eigenvalue weighted by Gasteiger charge is -2.04. The number of benzene rings is 2. The maximum absolute atomic E-state index is 5.81. The molecule has 0 amide bonds. The van der Waals surface area contributed by atoms with Crippen LogP contribution in [0.15, 0.2) is 54.7 Å². The summed E-state index contributed by atoms with van der Waals surface area (Å²) in [4.78, 5) is 3.27. The summed E-state index contributed by atoms with van der Waals surface area (Å²) in [6.07, 6.45) is 1.96. The minimum absolute atomic E-state index is 0.793. The lowest BCUT2D eigenvalue weighted by molar-refractivity contribution is 1.47. The van der Waals surface area contributed by atoms with Crippen LogP contribution in [0.1, 0.15) is 0 Å². The molecule has 0 spiro atoms. The third kappa shape index (κ3) is 1.36. The number of aromatic nitrogens is 1. The van der Waals surface area contributed by atoms with Gasteiger partial charge in [0.1, 0.15) is 0 Å². The zero-order valence-electron chi connectivity index (χ0n) is 8.77. The number of para-hydroxylation sites is 1. The second kappa shape index (κ2) is 3.42. The number of nitrogens with two attached hydrogens (primary N) is 1. The lowest BCUT2D eigenvalue weighted by Crippen LogP contribution is -1.85. The van der Waals surface area contributed by atoms with Crippen LogP contribution >= 0.6 is 0 Å². The van der Waals surface area contributed by atoms with Gasteiger partial charge in [-0.2, -0.15) is 0 Å². The molecule has 0 saturated heterocycles. The monoisotopic (exact) mass is 208 g/mol. The molecule has 0 bridgehead atoms. The standard InChI is InChI=1S/C14H12N2/c15-12-5-1-4-11(9-12)13-6-2-3-10-7-8-16-14(10)13/h1-9,16H,15H2. The fourth-order valence-electron chi connectivity index (χ4n) is 2.03. The Morgan fingerprint density at radius 1 is 0.938 bits per heavy atom. The third-order valence-corrected chi connectivity index (χ3v) is 2.78. The number of nitrogens with one attached hydrogen (secondary N) is 1. The number of rotatable bonds is 1. The third-order valence-electron chi connectivity index (χ3n) is 2.78. The van der Waals surface area contributed by atoms with Crippen LogP contribution < -0.4 is 5.73 Å². The van der Waals surface area contributed by atoms with Gasteiger partial charge in [-0.15, -0.1) is 0 Å². The van der Waals surface area contributed by atoms with Gasteiger partial charge in [0.2, 0.25) is 0 Å². The normalized spacial score (nSPS) is 10.8. The van der Waals surface area contributed by atoms with Gasteiger partial charge >= 0.3 is 0 Å². The summed E-state index contributed by atoms with van der Waals surface area (Å²) in [5, 5.41) is 1.22. The van der Waals surface area contributed by atoms with Gasteiger partial charge in [0.15, 0.2) is 0 Å².